The van der Waals surface area contributed by atoms with E-state index < -0.39 is 0 Å². The summed E-state index contributed by atoms with van der Waals surface area (Å²) in [5.74, 6) is 0.882. The highest BCUT2D eigenvalue weighted by molar-refractivity contribution is 7.09. The average molecular weight is 275 g/mol. The zero-order valence-corrected chi connectivity index (χ0v) is 12.1. The molecule has 98 valence electrons. The van der Waals surface area contributed by atoms with E-state index in [-0.39, 0.29) is 12.4 Å². The van der Waals surface area contributed by atoms with Gasteiger partial charge in [0.25, 0.3) is 0 Å². The van der Waals surface area contributed by atoms with Crippen molar-refractivity contribution in [2.24, 2.45) is 5.92 Å². The first-order valence-corrected chi connectivity index (χ1v) is 7.19. The fourth-order valence-electron chi connectivity index (χ4n) is 2.26. The van der Waals surface area contributed by atoms with Gasteiger partial charge in [0.15, 0.2) is 0 Å². The topological polar surface area (TPSA) is 24.1 Å². The van der Waals surface area contributed by atoms with Crippen LogP contribution in [0.5, 0.6) is 0 Å². The molecule has 1 aromatic heterocycles. The Morgan fingerprint density at radius 1 is 1.47 bits per heavy atom. The van der Waals surface area contributed by atoms with Gasteiger partial charge in [-0.15, -0.1) is 23.7 Å². The average Bonchev–Trinajstić information content (AvgIpc) is 2.81. The fraction of sp³-hybridized carbons (Fsp3) is 0.692. The molecule has 1 unspecified atom stereocenters. The van der Waals surface area contributed by atoms with Gasteiger partial charge in [-0.2, -0.15) is 0 Å². The van der Waals surface area contributed by atoms with Crippen LogP contribution in [0.4, 0.5) is 0 Å². The first-order chi connectivity index (χ1) is 7.84. The zero-order chi connectivity index (χ0) is 11.2. The predicted molar refractivity (Wildman–Crippen MR) is 78.3 cm³/mol. The number of nitrogens with one attached hydrogen (secondary N) is 2. The van der Waals surface area contributed by atoms with Crippen LogP contribution in [0, 0.1) is 5.92 Å². The lowest BCUT2D eigenvalue weighted by Gasteiger charge is -2.24. The lowest BCUT2D eigenvalue weighted by molar-refractivity contribution is 0.343. The van der Waals surface area contributed by atoms with E-state index in [2.05, 4.69) is 35.1 Å². The molecule has 0 spiro atoms. The summed E-state index contributed by atoms with van der Waals surface area (Å²) in [6, 6.07) is 4.97. The van der Waals surface area contributed by atoms with Crippen LogP contribution in [0.2, 0.25) is 0 Å². The van der Waals surface area contributed by atoms with Gasteiger partial charge in [-0.1, -0.05) is 6.07 Å². The van der Waals surface area contributed by atoms with Crippen LogP contribution >= 0.6 is 23.7 Å². The molecule has 1 aliphatic heterocycles. The van der Waals surface area contributed by atoms with Gasteiger partial charge < -0.3 is 10.6 Å². The van der Waals surface area contributed by atoms with Crippen molar-refractivity contribution in [3.63, 3.8) is 0 Å². The highest BCUT2D eigenvalue weighted by atomic mass is 35.5. The Kier molecular flexibility index (Phi) is 7.12. The van der Waals surface area contributed by atoms with Crippen LogP contribution in [0.3, 0.4) is 0 Å². The van der Waals surface area contributed by atoms with Crippen molar-refractivity contribution < 1.29 is 0 Å². The highest BCUT2D eigenvalue weighted by Gasteiger charge is 2.13. The molecule has 0 aliphatic carbocycles. The maximum atomic E-state index is 3.67. The molecule has 0 saturated carbocycles. The number of rotatable bonds is 5. The van der Waals surface area contributed by atoms with Crippen LogP contribution < -0.4 is 10.6 Å². The zero-order valence-electron chi connectivity index (χ0n) is 10.4. The van der Waals surface area contributed by atoms with E-state index in [9.17, 15) is 0 Å². The maximum Gasteiger partial charge on any atom is 0.00871 e. The van der Waals surface area contributed by atoms with Crippen molar-refractivity contribution in [3.05, 3.63) is 22.4 Å². The largest absolute Gasteiger partial charge is 0.317 e. The van der Waals surface area contributed by atoms with Crippen LogP contribution in [0.25, 0.3) is 0 Å². The van der Waals surface area contributed by atoms with Gasteiger partial charge in [0, 0.05) is 10.9 Å². The van der Waals surface area contributed by atoms with E-state index in [4.69, 9.17) is 0 Å². The molecular weight excluding hydrogens is 252 g/mol. The number of piperidine rings is 1. The molecule has 17 heavy (non-hydrogen) atoms. The number of halogens is 1. The van der Waals surface area contributed by atoms with Gasteiger partial charge in [-0.25, -0.2) is 0 Å². The van der Waals surface area contributed by atoms with Crippen LogP contribution in [-0.2, 0) is 6.42 Å². The minimum atomic E-state index is 0. The summed E-state index contributed by atoms with van der Waals surface area (Å²) in [5, 5.41) is 9.24. The summed E-state index contributed by atoms with van der Waals surface area (Å²) in [5.41, 5.74) is 0. The van der Waals surface area contributed by atoms with Crippen molar-refractivity contribution in [2.75, 3.05) is 19.6 Å². The van der Waals surface area contributed by atoms with Crippen molar-refractivity contribution in [3.8, 4) is 0 Å². The summed E-state index contributed by atoms with van der Waals surface area (Å²) >= 11 is 1.86. The van der Waals surface area contributed by atoms with Crippen molar-refractivity contribution in [2.45, 2.75) is 32.2 Å². The third-order valence-corrected chi connectivity index (χ3v) is 4.20. The Labute approximate surface area is 115 Å². The van der Waals surface area contributed by atoms with Gasteiger partial charge in [0.2, 0.25) is 0 Å². The van der Waals surface area contributed by atoms with E-state index in [0.29, 0.717) is 6.04 Å². The van der Waals surface area contributed by atoms with Gasteiger partial charge in [-0.05, 0) is 63.2 Å². The monoisotopic (exact) mass is 274 g/mol. The summed E-state index contributed by atoms with van der Waals surface area (Å²) in [6.45, 7) is 5.88. The minimum Gasteiger partial charge on any atom is -0.317 e. The molecule has 1 aliphatic rings. The molecule has 1 fully saturated rings. The normalized spacial score (nSPS) is 18.6. The first-order valence-electron chi connectivity index (χ1n) is 6.31. The molecule has 0 aromatic carbocycles. The predicted octanol–water partition coefficient (Wildman–Crippen LogP) is 2.69. The molecule has 0 radical (unpaired) electrons. The first kappa shape index (κ1) is 15.0. The van der Waals surface area contributed by atoms with Crippen LogP contribution in [-0.4, -0.2) is 25.7 Å². The fourth-order valence-corrected chi connectivity index (χ4v) is 3.09. The van der Waals surface area contributed by atoms with Gasteiger partial charge in [-0.3, -0.25) is 0 Å². The second kappa shape index (κ2) is 8.09. The Morgan fingerprint density at radius 3 is 2.88 bits per heavy atom. The van der Waals surface area contributed by atoms with E-state index in [1.54, 1.807) is 0 Å². The Balaban J connectivity index is 0.00000144. The Morgan fingerprint density at radius 2 is 2.24 bits per heavy atom. The second-order valence-corrected chi connectivity index (χ2v) is 5.82. The molecular formula is C13H23ClN2S. The quantitative estimate of drug-likeness (QED) is 0.863. The molecule has 1 atom stereocenters. The highest BCUT2D eigenvalue weighted by Crippen LogP contribution is 2.13. The lowest BCUT2D eigenvalue weighted by atomic mass is 9.98. The number of thiophene rings is 1. The van der Waals surface area contributed by atoms with Crippen molar-refractivity contribution >= 4 is 23.7 Å². The van der Waals surface area contributed by atoms with E-state index in [1.165, 1.54) is 43.8 Å². The van der Waals surface area contributed by atoms with Crippen LogP contribution in [0.15, 0.2) is 17.5 Å². The molecule has 0 amide bonds. The van der Waals surface area contributed by atoms with Crippen LogP contribution in [0.1, 0.15) is 24.6 Å². The third kappa shape index (κ3) is 5.38. The molecule has 2 rings (SSSR count). The molecule has 2 nitrogen and oxygen atoms in total. The van der Waals surface area contributed by atoms with Crippen molar-refractivity contribution in [1.29, 1.82) is 0 Å². The lowest BCUT2D eigenvalue weighted by Crippen LogP contribution is -2.37. The summed E-state index contributed by atoms with van der Waals surface area (Å²) < 4.78 is 0. The van der Waals surface area contributed by atoms with Gasteiger partial charge in [0.05, 0.1) is 0 Å². The Hall–Kier alpha value is -0.0900. The smallest absolute Gasteiger partial charge is 0.00871 e. The summed E-state index contributed by atoms with van der Waals surface area (Å²) in [6.07, 6.45) is 3.83. The van der Waals surface area contributed by atoms with Gasteiger partial charge >= 0.3 is 0 Å². The Bertz CT molecular complexity index is 284. The third-order valence-electron chi connectivity index (χ3n) is 3.30. The number of hydrogen-bond acceptors (Lipinski definition) is 3. The van der Waals surface area contributed by atoms with E-state index in [1.807, 2.05) is 11.3 Å². The maximum absolute atomic E-state index is 3.67. The minimum absolute atomic E-state index is 0. The standard InChI is InChI=1S/C13H22N2S.ClH/c1-11(9-13-3-2-8-16-13)15-10-12-4-6-14-7-5-12;/h2-3,8,11-12,14-15H,4-7,9-10H2,1H3;1H. The second-order valence-electron chi connectivity index (χ2n) is 4.79. The molecule has 2 N–H and O–H groups in total. The molecule has 1 saturated heterocycles. The van der Waals surface area contributed by atoms with E-state index in [0.717, 1.165) is 5.92 Å². The van der Waals surface area contributed by atoms with Crippen molar-refractivity contribution in [1.82, 2.24) is 10.6 Å². The molecule has 2 heterocycles. The SMILES string of the molecule is CC(Cc1cccs1)NCC1CCNCC1.Cl. The molecule has 0 bridgehead atoms. The van der Waals surface area contributed by atoms with Gasteiger partial charge in [0.1, 0.15) is 0 Å². The van der Waals surface area contributed by atoms with E-state index >= 15 is 0 Å². The number of hydrogen-bond donors (Lipinski definition) is 2. The summed E-state index contributed by atoms with van der Waals surface area (Å²) in [4.78, 5) is 1.49. The molecule has 4 heteroatoms. The molecule has 1 aromatic rings. The summed E-state index contributed by atoms with van der Waals surface area (Å²) in [7, 11) is 0.